The number of carbonyl (C=O) groups is 1. The van der Waals surface area contributed by atoms with Gasteiger partial charge in [0.1, 0.15) is 11.9 Å². The highest BCUT2D eigenvalue weighted by atomic mass is 16.4. The van der Waals surface area contributed by atoms with Crippen LogP contribution < -0.4 is 0 Å². The van der Waals surface area contributed by atoms with Crippen LogP contribution in [0.5, 0.6) is 0 Å². The van der Waals surface area contributed by atoms with Gasteiger partial charge in [-0.25, -0.2) is 14.8 Å². The maximum absolute atomic E-state index is 11.1. The number of aromatic nitrogens is 2. The maximum atomic E-state index is 11.1. The van der Waals surface area contributed by atoms with Gasteiger partial charge < -0.3 is 10.2 Å². The van der Waals surface area contributed by atoms with Crippen LogP contribution in [0, 0.1) is 0 Å². The summed E-state index contributed by atoms with van der Waals surface area (Å²) in [6, 6.07) is 0.315. The number of carboxylic acid groups (broad SMARTS) is 1. The summed E-state index contributed by atoms with van der Waals surface area (Å²) in [6.45, 7) is 1.60. The van der Waals surface area contributed by atoms with Crippen molar-refractivity contribution in [3.63, 3.8) is 0 Å². The van der Waals surface area contributed by atoms with Gasteiger partial charge in [0.05, 0.1) is 5.69 Å². The molecule has 0 aromatic carbocycles. The van der Waals surface area contributed by atoms with Crippen LogP contribution in [0.15, 0.2) is 12.5 Å². The zero-order chi connectivity index (χ0) is 13.7. The lowest BCUT2D eigenvalue weighted by Gasteiger charge is -2.35. The van der Waals surface area contributed by atoms with Crippen molar-refractivity contribution in [2.45, 2.75) is 38.3 Å². The Morgan fingerprint density at radius 3 is 3.05 bits per heavy atom. The molecule has 2 N–H and O–H groups in total. The van der Waals surface area contributed by atoms with E-state index in [-0.39, 0.29) is 12.2 Å². The van der Waals surface area contributed by atoms with Gasteiger partial charge >= 0.3 is 5.97 Å². The van der Waals surface area contributed by atoms with E-state index >= 15 is 0 Å². The van der Waals surface area contributed by atoms with E-state index in [1.807, 2.05) is 0 Å². The molecule has 1 unspecified atom stereocenters. The number of carboxylic acids is 1. The number of aliphatic hydroxyl groups excluding tert-OH is 1. The van der Waals surface area contributed by atoms with Gasteiger partial charge in [0, 0.05) is 25.4 Å². The zero-order valence-electron chi connectivity index (χ0n) is 10.8. The maximum Gasteiger partial charge on any atom is 0.339 e. The number of piperidine rings is 1. The van der Waals surface area contributed by atoms with Crippen LogP contribution in [0.1, 0.15) is 41.7 Å². The normalized spacial score (nSPS) is 20.4. The smallest absolute Gasteiger partial charge is 0.339 e. The standard InChI is InChI=1S/C13H19N3O3/c17-6-4-10-3-1-2-5-16(10)8-12-11(13(18)19)7-14-9-15-12/h7,9-10,17H,1-6,8H2,(H,18,19). The van der Waals surface area contributed by atoms with Crippen LogP contribution in [0.2, 0.25) is 0 Å². The molecule has 1 aliphatic heterocycles. The first-order valence-electron chi connectivity index (χ1n) is 6.59. The monoisotopic (exact) mass is 265 g/mol. The molecular formula is C13H19N3O3. The van der Waals surface area contributed by atoms with Crippen molar-refractivity contribution in [2.75, 3.05) is 13.2 Å². The second-order valence-corrected chi connectivity index (χ2v) is 4.82. The van der Waals surface area contributed by atoms with Crippen LogP contribution in [-0.2, 0) is 6.54 Å². The Labute approximate surface area is 112 Å². The molecule has 0 radical (unpaired) electrons. The average Bonchev–Trinajstić information content (AvgIpc) is 2.42. The number of aliphatic hydroxyl groups is 1. The van der Waals surface area contributed by atoms with E-state index in [9.17, 15) is 4.79 Å². The van der Waals surface area contributed by atoms with Gasteiger partial charge in [-0.2, -0.15) is 0 Å². The Bertz CT molecular complexity index is 437. The molecule has 19 heavy (non-hydrogen) atoms. The highest BCUT2D eigenvalue weighted by Crippen LogP contribution is 2.22. The predicted octanol–water partition coefficient (Wildman–Crippen LogP) is 0.912. The minimum absolute atomic E-state index is 0.163. The second-order valence-electron chi connectivity index (χ2n) is 4.82. The highest BCUT2D eigenvalue weighted by molar-refractivity contribution is 5.88. The molecule has 0 aliphatic carbocycles. The fraction of sp³-hybridized carbons (Fsp3) is 0.615. The van der Waals surface area contributed by atoms with E-state index < -0.39 is 5.97 Å². The third-order valence-corrected chi connectivity index (χ3v) is 3.59. The third-order valence-electron chi connectivity index (χ3n) is 3.59. The van der Waals surface area contributed by atoms with Gasteiger partial charge in [-0.1, -0.05) is 6.42 Å². The van der Waals surface area contributed by atoms with Gasteiger partial charge in [-0.3, -0.25) is 4.90 Å². The van der Waals surface area contributed by atoms with Crippen LogP contribution >= 0.6 is 0 Å². The Balaban J connectivity index is 2.12. The Morgan fingerprint density at radius 2 is 2.32 bits per heavy atom. The summed E-state index contributed by atoms with van der Waals surface area (Å²) in [7, 11) is 0. The number of likely N-dealkylation sites (tertiary alicyclic amines) is 1. The highest BCUT2D eigenvalue weighted by Gasteiger charge is 2.24. The van der Waals surface area contributed by atoms with Crippen LogP contribution in [-0.4, -0.2) is 50.2 Å². The third kappa shape index (κ3) is 3.48. The van der Waals surface area contributed by atoms with Crippen molar-refractivity contribution in [1.82, 2.24) is 14.9 Å². The van der Waals surface area contributed by atoms with Crippen LogP contribution in [0.4, 0.5) is 0 Å². The molecule has 1 atom stereocenters. The molecule has 1 aromatic rings. The van der Waals surface area contributed by atoms with E-state index in [2.05, 4.69) is 14.9 Å². The Hall–Kier alpha value is -1.53. The first-order chi connectivity index (χ1) is 9.22. The summed E-state index contributed by atoms with van der Waals surface area (Å²) in [6.07, 6.45) is 6.77. The number of nitrogens with zero attached hydrogens (tertiary/aromatic N) is 3. The molecule has 1 aliphatic rings. The first kappa shape index (κ1) is 13.9. The molecule has 1 fully saturated rings. The van der Waals surface area contributed by atoms with Crippen LogP contribution in [0.25, 0.3) is 0 Å². The summed E-state index contributed by atoms with van der Waals surface area (Å²) in [5.41, 5.74) is 0.711. The van der Waals surface area contributed by atoms with E-state index in [0.29, 0.717) is 18.3 Å². The lowest BCUT2D eigenvalue weighted by molar-refractivity contribution is 0.0688. The van der Waals surface area contributed by atoms with E-state index in [1.54, 1.807) is 0 Å². The molecule has 6 heteroatoms. The van der Waals surface area contributed by atoms with Crippen molar-refractivity contribution in [3.05, 3.63) is 23.8 Å². The van der Waals surface area contributed by atoms with Gasteiger partial charge in [-0.15, -0.1) is 0 Å². The molecule has 0 bridgehead atoms. The average molecular weight is 265 g/mol. The second kappa shape index (κ2) is 6.58. The summed E-state index contributed by atoms with van der Waals surface area (Å²) in [4.78, 5) is 21.2. The Kier molecular flexibility index (Phi) is 4.81. The zero-order valence-corrected chi connectivity index (χ0v) is 10.8. The molecule has 1 saturated heterocycles. The SMILES string of the molecule is O=C(O)c1cncnc1CN1CCCCC1CCO. The number of hydrogen-bond donors (Lipinski definition) is 2. The molecular weight excluding hydrogens is 246 g/mol. The van der Waals surface area contributed by atoms with Crippen molar-refractivity contribution in [3.8, 4) is 0 Å². The van der Waals surface area contributed by atoms with E-state index in [1.165, 1.54) is 12.5 Å². The summed E-state index contributed by atoms with van der Waals surface area (Å²) in [5.74, 6) is -0.994. The molecule has 0 saturated carbocycles. The largest absolute Gasteiger partial charge is 0.478 e. The summed E-state index contributed by atoms with van der Waals surface area (Å²) in [5, 5.41) is 18.2. The molecule has 104 valence electrons. The van der Waals surface area contributed by atoms with E-state index in [0.717, 1.165) is 32.2 Å². The fourth-order valence-corrected chi connectivity index (χ4v) is 2.60. The van der Waals surface area contributed by atoms with Gasteiger partial charge in [0.25, 0.3) is 0 Å². The number of hydrogen-bond acceptors (Lipinski definition) is 5. The molecule has 2 heterocycles. The number of rotatable bonds is 5. The quantitative estimate of drug-likeness (QED) is 0.823. The first-order valence-corrected chi connectivity index (χ1v) is 6.59. The molecule has 0 amide bonds. The summed E-state index contributed by atoms with van der Waals surface area (Å²) >= 11 is 0. The molecule has 1 aromatic heterocycles. The molecule has 0 spiro atoms. The van der Waals surface area contributed by atoms with Crippen molar-refractivity contribution in [1.29, 1.82) is 0 Å². The van der Waals surface area contributed by atoms with Crippen molar-refractivity contribution < 1.29 is 15.0 Å². The minimum Gasteiger partial charge on any atom is -0.478 e. The van der Waals surface area contributed by atoms with Gasteiger partial charge in [-0.05, 0) is 25.8 Å². The molecule has 6 nitrogen and oxygen atoms in total. The number of aromatic carboxylic acids is 1. The topological polar surface area (TPSA) is 86.5 Å². The Morgan fingerprint density at radius 1 is 1.47 bits per heavy atom. The predicted molar refractivity (Wildman–Crippen MR) is 68.7 cm³/mol. The van der Waals surface area contributed by atoms with Crippen molar-refractivity contribution in [2.24, 2.45) is 0 Å². The van der Waals surface area contributed by atoms with Gasteiger partial charge in [0.2, 0.25) is 0 Å². The van der Waals surface area contributed by atoms with E-state index in [4.69, 9.17) is 10.2 Å². The molecule has 2 rings (SSSR count). The lowest BCUT2D eigenvalue weighted by atomic mass is 9.99. The summed E-state index contributed by atoms with van der Waals surface area (Å²) < 4.78 is 0. The van der Waals surface area contributed by atoms with Crippen LogP contribution in [0.3, 0.4) is 0 Å². The minimum atomic E-state index is -0.994. The fourth-order valence-electron chi connectivity index (χ4n) is 2.60. The lowest BCUT2D eigenvalue weighted by Crippen LogP contribution is -2.40. The van der Waals surface area contributed by atoms with Crippen molar-refractivity contribution >= 4 is 5.97 Å². The van der Waals surface area contributed by atoms with Gasteiger partial charge in [0.15, 0.2) is 0 Å².